The molecule has 1 amide bonds. The molecule has 1 fully saturated rings. The van der Waals surface area contributed by atoms with Crippen LogP contribution in [-0.2, 0) is 14.8 Å². The number of hydrogen-bond donors (Lipinski definition) is 1. The third-order valence-electron chi connectivity index (χ3n) is 5.96. The number of aryl methyl sites for hydroxylation is 1. The molecule has 1 aliphatic heterocycles. The molecular weight excluding hydrogens is 468 g/mol. The molecule has 0 atom stereocenters. The van der Waals surface area contributed by atoms with Crippen molar-refractivity contribution >= 4 is 27.3 Å². The molecule has 3 aromatic rings. The zero-order chi connectivity index (χ0) is 25.0. The number of hydrogen-bond acceptors (Lipinski definition) is 7. The summed E-state index contributed by atoms with van der Waals surface area (Å²) in [6, 6.07) is 14.2. The van der Waals surface area contributed by atoms with Gasteiger partial charge in [-0.3, -0.25) is 4.79 Å². The minimum atomic E-state index is -3.73. The van der Waals surface area contributed by atoms with Crippen LogP contribution in [0, 0.1) is 6.92 Å². The van der Waals surface area contributed by atoms with Crippen LogP contribution in [0.3, 0.4) is 0 Å². The number of carbonyl (C=O) groups is 1. The molecule has 0 radical (unpaired) electrons. The van der Waals surface area contributed by atoms with Crippen molar-refractivity contribution in [3.63, 3.8) is 0 Å². The molecule has 0 saturated carbocycles. The van der Waals surface area contributed by atoms with E-state index in [-0.39, 0.29) is 10.6 Å². The first-order valence-corrected chi connectivity index (χ1v) is 13.1. The van der Waals surface area contributed by atoms with E-state index in [1.54, 1.807) is 19.1 Å². The van der Waals surface area contributed by atoms with Gasteiger partial charge in [0, 0.05) is 31.7 Å². The maximum absolute atomic E-state index is 13.3. The van der Waals surface area contributed by atoms with Crippen LogP contribution >= 0.6 is 0 Å². The fraction of sp³-hybridized carbons (Fsp3) is 0.360. The number of anilines is 2. The van der Waals surface area contributed by atoms with E-state index in [0.717, 1.165) is 11.3 Å². The number of oxazole rings is 1. The van der Waals surface area contributed by atoms with E-state index in [1.807, 2.05) is 49.1 Å². The lowest BCUT2D eigenvalue weighted by Crippen LogP contribution is -2.40. The van der Waals surface area contributed by atoms with Crippen LogP contribution in [0.1, 0.15) is 30.1 Å². The quantitative estimate of drug-likeness (QED) is 0.504. The Balaban J connectivity index is 1.69. The van der Waals surface area contributed by atoms with Crippen molar-refractivity contribution in [3.8, 4) is 11.5 Å². The van der Waals surface area contributed by atoms with Gasteiger partial charge >= 0.3 is 0 Å². The Morgan fingerprint density at radius 1 is 1.09 bits per heavy atom. The first-order valence-electron chi connectivity index (χ1n) is 11.7. The van der Waals surface area contributed by atoms with Gasteiger partial charge in [-0.25, -0.2) is 13.4 Å². The number of morpholine rings is 1. The van der Waals surface area contributed by atoms with Gasteiger partial charge in [0.05, 0.1) is 29.5 Å². The Hall–Kier alpha value is -3.21. The van der Waals surface area contributed by atoms with Gasteiger partial charge in [0.2, 0.25) is 15.9 Å². The van der Waals surface area contributed by atoms with E-state index in [2.05, 4.69) is 10.3 Å². The fourth-order valence-corrected chi connectivity index (χ4v) is 5.48. The zero-order valence-corrected chi connectivity index (χ0v) is 21.0. The summed E-state index contributed by atoms with van der Waals surface area (Å²) in [5.41, 5.74) is 2.04. The van der Waals surface area contributed by atoms with Crippen LogP contribution in [0.4, 0.5) is 11.4 Å². The average molecular weight is 499 g/mol. The maximum atomic E-state index is 13.3. The molecule has 186 valence electrons. The molecule has 2 heterocycles. The van der Waals surface area contributed by atoms with Crippen molar-refractivity contribution in [3.05, 3.63) is 60.0 Å². The lowest BCUT2D eigenvalue weighted by Gasteiger charge is -2.28. The van der Waals surface area contributed by atoms with Gasteiger partial charge in [-0.1, -0.05) is 18.2 Å². The molecule has 1 saturated heterocycles. The fourth-order valence-electron chi connectivity index (χ4n) is 4.04. The van der Waals surface area contributed by atoms with Crippen LogP contribution in [0.15, 0.2) is 57.8 Å². The topological polar surface area (TPSA) is 105 Å². The Morgan fingerprint density at radius 3 is 2.43 bits per heavy atom. The predicted octanol–water partition coefficient (Wildman–Crippen LogP) is 3.77. The van der Waals surface area contributed by atoms with E-state index in [1.165, 1.54) is 10.4 Å². The Kier molecular flexibility index (Phi) is 7.54. The molecule has 0 unspecified atom stereocenters. The Labute approximate surface area is 205 Å². The minimum Gasteiger partial charge on any atom is -0.441 e. The summed E-state index contributed by atoms with van der Waals surface area (Å²) in [5.74, 6) is 0.256. The smallest absolute Gasteiger partial charge is 0.277 e. The van der Waals surface area contributed by atoms with Gasteiger partial charge in [0.15, 0.2) is 5.69 Å². The highest BCUT2D eigenvalue weighted by Gasteiger charge is 2.28. The number of nitrogens with one attached hydrogen (secondary N) is 1. The molecule has 0 spiro atoms. The molecule has 35 heavy (non-hydrogen) atoms. The second kappa shape index (κ2) is 10.6. The first-order chi connectivity index (χ1) is 16.8. The van der Waals surface area contributed by atoms with E-state index >= 15 is 0 Å². The molecule has 1 N–H and O–H groups in total. The van der Waals surface area contributed by atoms with Crippen LogP contribution in [0.2, 0.25) is 0 Å². The molecular formula is C25H30N4O5S. The van der Waals surface area contributed by atoms with Crippen molar-refractivity contribution in [2.24, 2.45) is 0 Å². The second-order valence-corrected chi connectivity index (χ2v) is 10.0. The normalized spacial score (nSPS) is 14.6. The molecule has 9 nitrogen and oxygen atoms in total. The highest BCUT2D eigenvalue weighted by atomic mass is 32.2. The number of sulfonamides is 1. The monoisotopic (exact) mass is 498 g/mol. The third-order valence-corrected chi connectivity index (χ3v) is 7.86. The predicted molar refractivity (Wildman–Crippen MR) is 134 cm³/mol. The lowest BCUT2D eigenvalue weighted by molar-refractivity contribution is 0.0730. The van der Waals surface area contributed by atoms with Crippen molar-refractivity contribution in [1.29, 1.82) is 0 Å². The minimum absolute atomic E-state index is 0.118. The van der Waals surface area contributed by atoms with E-state index in [9.17, 15) is 13.2 Å². The molecule has 0 bridgehead atoms. The summed E-state index contributed by atoms with van der Waals surface area (Å²) in [4.78, 5) is 19.8. The van der Waals surface area contributed by atoms with Crippen LogP contribution < -0.4 is 10.2 Å². The molecule has 1 aliphatic rings. The number of amides is 1. The van der Waals surface area contributed by atoms with Crippen molar-refractivity contribution in [2.75, 3.05) is 49.6 Å². The molecule has 0 aliphatic carbocycles. The van der Waals surface area contributed by atoms with Gasteiger partial charge in [0.25, 0.3) is 5.91 Å². The van der Waals surface area contributed by atoms with E-state index in [4.69, 9.17) is 9.15 Å². The highest BCUT2D eigenvalue weighted by molar-refractivity contribution is 7.89. The highest BCUT2D eigenvalue weighted by Crippen LogP contribution is 2.31. The third kappa shape index (κ3) is 5.24. The molecule has 10 heteroatoms. The maximum Gasteiger partial charge on any atom is 0.277 e. The number of nitrogens with zero attached hydrogens (tertiary/aromatic N) is 3. The summed E-state index contributed by atoms with van der Waals surface area (Å²) in [6.07, 6.45) is 0. The van der Waals surface area contributed by atoms with E-state index in [0.29, 0.717) is 56.7 Å². The number of carbonyl (C=O) groups excluding carboxylic acids is 1. The van der Waals surface area contributed by atoms with Gasteiger partial charge in [-0.05, 0) is 51.1 Å². The second-order valence-electron chi connectivity index (χ2n) is 8.11. The van der Waals surface area contributed by atoms with Gasteiger partial charge < -0.3 is 19.4 Å². The van der Waals surface area contributed by atoms with Crippen LogP contribution in [0.5, 0.6) is 0 Å². The zero-order valence-electron chi connectivity index (χ0n) is 20.2. The summed E-state index contributed by atoms with van der Waals surface area (Å²) in [7, 11) is -3.73. The number of rotatable bonds is 8. The van der Waals surface area contributed by atoms with Gasteiger partial charge in [0.1, 0.15) is 5.76 Å². The lowest BCUT2D eigenvalue weighted by atomic mass is 10.2. The number of benzene rings is 2. The largest absolute Gasteiger partial charge is 0.441 e. The van der Waals surface area contributed by atoms with E-state index < -0.39 is 15.9 Å². The van der Waals surface area contributed by atoms with Crippen molar-refractivity contribution in [2.45, 2.75) is 25.7 Å². The molecule has 4 rings (SSSR count). The van der Waals surface area contributed by atoms with Crippen molar-refractivity contribution < 1.29 is 22.4 Å². The summed E-state index contributed by atoms with van der Waals surface area (Å²) in [6.45, 7) is 8.36. The van der Waals surface area contributed by atoms with Crippen LogP contribution in [-0.4, -0.2) is 63.0 Å². The van der Waals surface area contributed by atoms with Gasteiger partial charge in [-0.15, -0.1) is 0 Å². The summed E-state index contributed by atoms with van der Waals surface area (Å²) >= 11 is 0. The molecule has 1 aromatic heterocycles. The number of aromatic nitrogens is 1. The standard InChI is InChI=1S/C25H30N4O5S/c1-4-28(5-2)22-12-11-20(35(31,32)29-13-15-33-16-14-29)17-21(22)26-24(30)23-18(3)34-25(27-23)19-9-7-6-8-10-19/h6-12,17H,4-5,13-16H2,1-3H3,(H,26,30). The van der Waals surface area contributed by atoms with Gasteiger partial charge in [-0.2, -0.15) is 4.31 Å². The van der Waals surface area contributed by atoms with Crippen molar-refractivity contribution in [1.82, 2.24) is 9.29 Å². The SMILES string of the molecule is CCN(CC)c1ccc(S(=O)(=O)N2CCOCC2)cc1NC(=O)c1nc(-c2ccccc2)oc1C. The first kappa shape index (κ1) is 24.9. The summed E-state index contributed by atoms with van der Waals surface area (Å²) in [5, 5.41) is 2.89. The Bertz CT molecular complexity index is 1280. The Morgan fingerprint density at radius 2 is 1.77 bits per heavy atom. The average Bonchev–Trinajstić information content (AvgIpc) is 3.28. The van der Waals surface area contributed by atoms with Crippen LogP contribution in [0.25, 0.3) is 11.5 Å². The summed E-state index contributed by atoms with van der Waals surface area (Å²) < 4.78 is 38.9. The number of ether oxygens (including phenoxy) is 1. The molecule has 2 aromatic carbocycles.